The highest BCUT2D eigenvalue weighted by atomic mass is 79.9. The minimum Gasteiger partial charge on any atom is -0.277 e. The maximum atomic E-state index is 13.6. The first-order valence-corrected chi connectivity index (χ1v) is 7.78. The van der Waals surface area contributed by atoms with Gasteiger partial charge in [-0.1, -0.05) is 15.9 Å². The SMILES string of the molecule is N#Cc1cc(S(=O)(=O)Nc2cc(Br)ccc2F)ccc1F. The van der Waals surface area contributed by atoms with E-state index in [2.05, 4.69) is 15.9 Å². The molecule has 0 spiro atoms. The Balaban J connectivity index is 2.44. The van der Waals surface area contributed by atoms with E-state index in [-0.39, 0.29) is 10.6 Å². The summed E-state index contributed by atoms with van der Waals surface area (Å²) in [7, 11) is -4.13. The number of benzene rings is 2. The molecule has 0 saturated carbocycles. The van der Waals surface area contributed by atoms with Crippen LogP contribution in [0.25, 0.3) is 0 Å². The van der Waals surface area contributed by atoms with E-state index in [1.165, 1.54) is 12.1 Å². The Labute approximate surface area is 128 Å². The smallest absolute Gasteiger partial charge is 0.262 e. The maximum absolute atomic E-state index is 13.6. The van der Waals surface area contributed by atoms with Gasteiger partial charge in [-0.15, -0.1) is 0 Å². The maximum Gasteiger partial charge on any atom is 0.262 e. The fourth-order valence-corrected chi connectivity index (χ4v) is 2.98. The van der Waals surface area contributed by atoms with Gasteiger partial charge in [0.05, 0.1) is 16.1 Å². The van der Waals surface area contributed by atoms with E-state index in [0.717, 1.165) is 24.3 Å². The number of hydrogen-bond acceptors (Lipinski definition) is 3. The third-order valence-corrected chi connectivity index (χ3v) is 4.40. The molecule has 1 N–H and O–H groups in total. The van der Waals surface area contributed by atoms with Crippen LogP contribution in [0.2, 0.25) is 0 Å². The molecule has 2 aromatic rings. The second kappa shape index (κ2) is 5.79. The highest BCUT2D eigenvalue weighted by Crippen LogP contribution is 2.24. The molecule has 0 aromatic heterocycles. The molecule has 0 heterocycles. The van der Waals surface area contributed by atoms with Crippen molar-refractivity contribution in [2.24, 2.45) is 0 Å². The first-order valence-electron chi connectivity index (χ1n) is 5.51. The van der Waals surface area contributed by atoms with Crippen molar-refractivity contribution in [2.45, 2.75) is 4.90 Å². The fraction of sp³-hybridized carbons (Fsp3) is 0. The van der Waals surface area contributed by atoms with Gasteiger partial charge in [-0.3, -0.25) is 4.72 Å². The average molecular weight is 373 g/mol. The second-order valence-electron chi connectivity index (χ2n) is 3.98. The number of rotatable bonds is 3. The quantitative estimate of drug-likeness (QED) is 0.897. The molecule has 0 fully saturated rings. The lowest BCUT2D eigenvalue weighted by Crippen LogP contribution is -2.14. The number of nitriles is 1. The molecule has 0 radical (unpaired) electrons. The molecule has 4 nitrogen and oxygen atoms in total. The predicted molar refractivity (Wildman–Crippen MR) is 76.0 cm³/mol. The van der Waals surface area contributed by atoms with Crippen LogP contribution in [-0.4, -0.2) is 8.42 Å². The Morgan fingerprint density at radius 1 is 1.10 bits per heavy atom. The summed E-state index contributed by atoms with van der Waals surface area (Å²) in [6.45, 7) is 0. The number of sulfonamides is 1. The Morgan fingerprint density at radius 3 is 2.43 bits per heavy atom. The highest BCUT2D eigenvalue weighted by molar-refractivity contribution is 9.10. The number of nitrogens with one attached hydrogen (secondary N) is 1. The number of anilines is 1. The van der Waals surface area contributed by atoms with Gasteiger partial charge in [0.2, 0.25) is 0 Å². The summed E-state index contributed by atoms with van der Waals surface area (Å²) in [5.74, 6) is -1.59. The van der Waals surface area contributed by atoms with Crippen molar-refractivity contribution in [3.05, 3.63) is 58.1 Å². The second-order valence-corrected chi connectivity index (χ2v) is 6.58. The fourth-order valence-electron chi connectivity index (χ4n) is 1.54. The molecule has 108 valence electrons. The lowest BCUT2D eigenvalue weighted by molar-refractivity contribution is 0.596. The summed E-state index contributed by atoms with van der Waals surface area (Å²) >= 11 is 3.10. The van der Waals surface area contributed by atoms with Gasteiger partial charge in [0, 0.05) is 4.47 Å². The van der Waals surface area contributed by atoms with Gasteiger partial charge in [-0.25, -0.2) is 17.2 Å². The van der Waals surface area contributed by atoms with Gasteiger partial charge in [-0.05, 0) is 36.4 Å². The molecule has 8 heteroatoms. The van der Waals surface area contributed by atoms with Crippen molar-refractivity contribution in [1.82, 2.24) is 0 Å². The first kappa shape index (κ1) is 15.4. The van der Waals surface area contributed by atoms with Gasteiger partial charge in [-0.2, -0.15) is 5.26 Å². The summed E-state index contributed by atoms with van der Waals surface area (Å²) in [5, 5.41) is 8.71. The van der Waals surface area contributed by atoms with Gasteiger partial charge in [0.1, 0.15) is 17.7 Å². The van der Waals surface area contributed by atoms with Gasteiger partial charge in [0.15, 0.2) is 0 Å². The van der Waals surface area contributed by atoms with E-state index < -0.39 is 27.2 Å². The molecule has 2 rings (SSSR count). The molecule has 0 bridgehead atoms. The number of nitrogens with zero attached hydrogens (tertiary/aromatic N) is 1. The zero-order chi connectivity index (χ0) is 15.6. The molecule has 0 aliphatic rings. The Hall–Kier alpha value is -1.98. The molecular weight excluding hydrogens is 366 g/mol. The molecule has 2 aromatic carbocycles. The zero-order valence-corrected chi connectivity index (χ0v) is 12.7. The van der Waals surface area contributed by atoms with Crippen molar-refractivity contribution in [2.75, 3.05) is 4.72 Å². The van der Waals surface area contributed by atoms with E-state index in [0.29, 0.717) is 4.47 Å². The third-order valence-electron chi connectivity index (χ3n) is 2.54. The highest BCUT2D eigenvalue weighted by Gasteiger charge is 2.18. The molecular formula is C13H7BrF2N2O2S. The normalized spacial score (nSPS) is 11.0. The van der Waals surface area contributed by atoms with E-state index in [1.807, 2.05) is 4.72 Å². The largest absolute Gasteiger partial charge is 0.277 e. The van der Waals surface area contributed by atoms with Crippen molar-refractivity contribution >= 4 is 31.6 Å². The molecule has 21 heavy (non-hydrogen) atoms. The number of hydrogen-bond donors (Lipinski definition) is 1. The summed E-state index contributed by atoms with van der Waals surface area (Å²) in [6, 6.07) is 8.04. The van der Waals surface area contributed by atoms with Gasteiger partial charge < -0.3 is 0 Å². The molecule has 0 unspecified atom stereocenters. The lowest BCUT2D eigenvalue weighted by Gasteiger charge is -2.09. The average Bonchev–Trinajstić information content (AvgIpc) is 2.43. The van der Waals surface area contributed by atoms with Crippen molar-refractivity contribution in [3.63, 3.8) is 0 Å². The van der Waals surface area contributed by atoms with Crippen LogP contribution >= 0.6 is 15.9 Å². The van der Waals surface area contributed by atoms with E-state index in [1.54, 1.807) is 6.07 Å². The summed E-state index contributed by atoms with van der Waals surface area (Å²) in [5.41, 5.74) is -0.667. The molecule has 0 aliphatic carbocycles. The number of halogens is 3. The van der Waals surface area contributed by atoms with Crippen LogP contribution in [0.4, 0.5) is 14.5 Å². The molecule has 0 atom stereocenters. The standard InChI is InChI=1S/C13H7BrF2N2O2S/c14-9-1-3-12(16)13(6-9)18-21(19,20)10-2-4-11(15)8(5-10)7-17/h1-6,18H. The van der Waals surface area contributed by atoms with E-state index in [9.17, 15) is 17.2 Å². The minimum absolute atomic E-state index is 0.257. The molecule has 0 amide bonds. The summed E-state index contributed by atoms with van der Waals surface area (Å²) in [4.78, 5) is -0.333. The zero-order valence-electron chi connectivity index (χ0n) is 10.3. The van der Waals surface area contributed by atoms with Crippen LogP contribution in [0.1, 0.15) is 5.56 Å². The van der Waals surface area contributed by atoms with Crippen molar-refractivity contribution in [3.8, 4) is 6.07 Å². The Morgan fingerprint density at radius 2 is 1.76 bits per heavy atom. The Bertz CT molecular complexity index is 848. The molecule has 0 aliphatic heterocycles. The summed E-state index contributed by atoms with van der Waals surface area (Å²) in [6.07, 6.45) is 0. The van der Waals surface area contributed by atoms with Crippen molar-refractivity contribution in [1.29, 1.82) is 5.26 Å². The van der Waals surface area contributed by atoms with Crippen LogP contribution in [0.3, 0.4) is 0 Å². The van der Waals surface area contributed by atoms with Gasteiger partial charge in [0.25, 0.3) is 10.0 Å². The first-order chi connectivity index (χ1) is 9.83. The summed E-state index contributed by atoms with van der Waals surface area (Å²) < 4.78 is 53.5. The predicted octanol–water partition coefficient (Wildman–Crippen LogP) is 3.40. The van der Waals surface area contributed by atoms with E-state index in [4.69, 9.17) is 5.26 Å². The molecule has 0 saturated heterocycles. The van der Waals surface area contributed by atoms with Crippen LogP contribution in [-0.2, 0) is 10.0 Å². The lowest BCUT2D eigenvalue weighted by atomic mass is 10.2. The van der Waals surface area contributed by atoms with Crippen LogP contribution in [0.5, 0.6) is 0 Å². The van der Waals surface area contributed by atoms with Gasteiger partial charge >= 0.3 is 0 Å². The van der Waals surface area contributed by atoms with Crippen LogP contribution in [0.15, 0.2) is 45.8 Å². The van der Waals surface area contributed by atoms with Crippen molar-refractivity contribution < 1.29 is 17.2 Å². The van der Waals surface area contributed by atoms with Crippen LogP contribution in [0, 0.1) is 23.0 Å². The Kier molecular flexibility index (Phi) is 4.25. The minimum atomic E-state index is -4.13. The van der Waals surface area contributed by atoms with E-state index >= 15 is 0 Å². The third kappa shape index (κ3) is 3.37. The topological polar surface area (TPSA) is 70.0 Å². The monoisotopic (exact) mass is 372 g/mol. The van der Waals surface area contributed by atoms with Crippen LogP contribution < -0.4 is 4.72 Å².